The van der Waals surface area contributed by atoms with E-state index in [1.54, 1.807) is 4.68 Å². The first-order valence-corrected chi connectivity index (χ1v) is 7.48. The lowest BCUT2D eigenvalue weighted by Gasteiger charge is -2.19. The zero-order valence-corrected chi connectivity index (χ0v) is 13.3. The van der Waals surface area contributed by atoms with Crippen molar-refractivity contribution in [2.45, 2.75) is 19.9 Å². The molecule has 0 radical (unpaired) electrons. The molecule has 3 rings (SSSR count). The van der Waals surface area contributed by atoms with Crippen LogP contribution in [-0.2, 0) is 24.8 Å². The van der Waals surface area contributed by atoms with Crippen LogP contribution in [0.4, 0.5) is 17.1 Å². The van der Waals surface area contributed by atoms with Gasteiger partial charge in [0.1, 0.15) is 5.69 Å². The van der Waals surface area contributed by atoms with Crippen molar-refractivity contribution in [3.8, 4) is 5.75 Å². The van der Waals surface area contributed by atoms with E-state index in [1.165, 1.54) is 12.1 Å². The molecule has 0 saturated carbocycles. The molecule has 1 aromatic heterocycles. The number of fused-ring (bicyclic) bond motifs is 1. The van der Waals surface area contributed by atoms with Crippen molar-refractivity contribution in [1.82, 2.24) is 9.78 Å². The number of anilines is 2. The number of benzene rings is 1. The van der Waals surface area contributed by atoms with Crippen LogP contribution in [0.2, 0.25) is 0 Å². The second-order valence-corrected chi connectivity index (χ2v) is 5.44. The number of nitrogens with zero attached hydrogens (tertiary/aromatic N) is 3. The Morgan fingerprint density at radius 1 is 1.50 bits per heavy atom. The van der Waals surface area contributed by atoms with Crippen molar-refractivity contribution in [3.05, 3.63) is 39.7 Å². The number of hydrogen-bond donors (Lipinski definition) is 2. The Balaban J connectivity index is 1.90. The molecule has 2 N–H and O–H groups in total. The van der Waals surface area contributed by atoms with Gasteiger partial charge < -0.3 is 15.4 Å². The molecule has 0 bridgehead atoms. The Morgan fingerprint density at radius 2 is 2.29 bits per heavy atom. The van der Waals surface area contributed by atoms with Crippen LogP contribution in [-0.4, -0.2) is 27.2 Å². The average molecular weight is 331 g/mol. The summed E-state index contributed by atoms with van der Waals surface area (Å²) in [6.07, 6.45) is 2.65. The van der Waals surface area contributed by atoms with E-state index in [-0.39, 0.29) is 18.2 Å². The van der Waals surface area contributed by atoms with Gasteiger partial charge in [0.15, 0.2) is 12.4 Å². The normalized spacial score (nSPS) is 13.0. The van der Waals surface area contributed by atoms with Gasteiger partial charge in [-0.25, -0.2) is 0 Å². The van der Waals surface area contributed by atoms with Gasteiger partial charge in [-0.15, -0.1) is 0 Å². The van der Waals surface area contributed by atoms with Gasteiger partial charge in [-0.1, -0.05) is 6.92 Å². The predicted molar refractivity (Wildman–Crippen MR) is 87.1 cm³/mol. The lowest BCUT2D eigenvalue weighted by molar-refractivity contribution is -0.384. The minimum Gasteiger partial charge on any atom is -0.481 e. The van der Waals surface area contributed by atoms with E-state index in [1.807, 2.05) is 20.2 Å². The van der Waals surface area contributed by atoms with E-state index in [0.29, 0.717) is 23.7 Å². The molecular formula is C15H17N5O4. The summed E-state index contributed by atoms with van der Waals surface area (Å²) >= 11 is 0. The van der Waals surface area contributed by atoms with Crippen molar-refractivity contribution in [2.24, 2.45) is 7.05 Å². The number of aromatic nitrogens is 2. The third kappa shape index (κ3) is 3.00. The lowest BCUT2D eigenvalue weighted by atomic mass is 10.1. The SMILES string of the molecule is CCc1nn(C)cc1CNc1cc2c(cc1[N+](=O)[O-])OCC(=O)N2. The van der Waals surface area contributed by atoms with Gasteiger partial charge in [-0.2, -0.15) is 5.10 Å². The van der Waals surface area contributed by atoms with Crippen LogP contribution in [0.25, 0.3) is 0 Å². The van der Waals surface area contributed by atoms with E-state index >= 15 is 0 Å². The predicted octanol–water partition coefficient (Wildman–Crippen LogP) is 1.83. The summed E-state index contributed by atoms with van der Waals surface area (Å²) in [5.41, 5.74) is 2.53. The Kier molecular flexibility index (Phi) is 4.07. The van der Waals surface area contributed by atoms with Crippen molar-refractivity contribution >= 4 is 23.0 Å². The molecule has 126 valence electrons. The summed E-state index contributed by atoms with van der Waals surface area (Å²) in [7, 11) is 1.83. The highest BCUT2D eigenvalue weighted by Gasteiger charge is 2.23. The molecule has 0 atom stereocenters. The van der Waals surface area contributed by atoms with Gasteiger partial charge in [0.2, 0.25) is 0 Å². The molecule has 0 unspecified atom stereocenters. The van der Waals surface area contributed by atoms with Gasteiger partial charge in [-0.3, -0.25) is 19.6 Å². The molecule has 2 aromatic rings. The number of ether oxygens (including phenoxy) is 1. The fraction of sp³-hybridized carbons (Fsp3) is 0.333. The van der Waals surface area contributed by atoms with Gasteiger partial charge >= 0.3 is 0 Å². The summed E-state index contributed by atoms with van der Waals surface area (Å²) in [4.78, 5) is 22.3. The van der Waals surface area contributed by atoms with Crippen molar-refractivity contribution in [3.63, 3.8) is 0 Å². The van der Waals surface area contributed by atoms with Crippen molar-refractivity contribution in [2.75, 3.05) is 17.2 Å². The summed E-state index contributed by atoms with van der Waals surface area (Å²) in [5.74, 6) is 0.00491. The van der Waals surface area contributed by atoms with Crippen molar-refractivity contribution < 1.29 is 14.5 Å². The highest BCUT2D eigenvalue weighted by atomic mass is 16.6. The first-order chi connectivity index (χ1) is 11.5. The fourth-order valence-electron chi connectivity index (χ4n) is 2.63. The van der Waals surface area contributed by atoms with Crippen LogP contribution in [0.1, 0.15) is 18.2 Å². The van der Waals surface area contributed by atoms with Crippen LogP contribution >= 0.6 is 0 Å². The number of rotatable bonds is 5. The first kappa shape index (κ1) is 15.8. The highest BCUT2D eigenvalue weighted by molar-refractivity contribution is 5.96. The topological polar surface area (TPSA) is 111 Å². The Labute approximate surface area is 137 Å². The monoisotopic (exact) mass is 331 g/mol. The summed E-state index contributed by atoms with van der Waals surface area (Å²) in [6.45, 7) is 2.25. The zero-order chi connectivity index (χ0) is 17.3. The number of carbonyl (C=O) groups is 1. The third-order valence-corrected chi connectivity index (χ3v) is 3.72. The van der Waals surface area contributed by atoms with Crippen LogP contribution in [0.3, 0.4) is 0 Å². The maximum Gasteiger partial charge on any atom is 0.296 e. The molecule has 9 heteroatoms. The first-order valence-electron chi connectivity index (χ1n) is 7.48. The van der Waals surface area contributed by atoms with Crippen LogP contribution < -0.4 is 15.4 Å². The molecule has 1 aliphatic heterocycles. The molecule has 2 heterocycles. The number of carbonyl (C=O) groups excluding carboxylic acids is 1. The second-order valence-electron chi connectivity index (χ2n) is 5.44. The van der Waals surface area contributed by atoms with Crippen LogP contribution in [0.15, 0.2) is 18.3 Å². The van der Waals surface area contributed by atoms with Gasteiger partial charge in [0.25, 0.3) is 11.6 Å². The molecule has 0 spiro atoms. The molecule has 1 aliphatic rings. The third-order valence-electron chi connectivity index (χ3n) is 3.72. The standard InChI is InChI=1S/C15H17N5O4/c1-3-10-9(7-19(2)18-10)6-16-11-4-12-14(5-13(11)20(22)23)24-8-15(21)17-12/h4-5,7,16H,3,6,8H2,1-2H3,(H,17,21). The number of aryl methyl sites for hydroxylation is 2. The Bertz CT molecular complexity index is 814. The van der Waals surface area contributed by atoms with Crippen molar-refractivity contribution in [1.29, 1.82) is 0 Å². The van der Waals surface area contributed by atoms with E-state index in [2.05, 4.69) is 15.7 Å². The summed E-state index contributed by atoms with van der Waals surface area (Å²) in [5, 5.41) is 21.4. The molecule has 0 aliphatic carbocycles. The molecule has 0 saturated heterocycles. The summed E-state index contributed by atoms with van der Waals surface area (Å²) in [6, 6.07) is 2.84. The molecular weight excluding hydrogens is 314 g/mol. The molecule has 1 aromatic carbocycles. The number of nitro benzene ring substituents is 1. The molecule has 9 nitrogen and oxygen atoms in total. The molecule has 1 amide bonds. The molecule has 24 heavy (non-hydrogen) atoms. The smallest absolute Gasteiger partial charge is 0.296 e. The minimum absolute atomic E-state index is 0.105. The van der Waals surface area contributed by atoms with Gasteiger partial charge in [0, 0.05) is 25.4 Å². The minimum atomic E-state index is -0.480. The quantitative estimate of drug-likeness (QED) is 0.639. The maximum atomic E-state index is 11.4. The largest absolute Gasteiger partial charge is 0.481 e. The number of nitrogens with one attached hydrogen (secondary N) is 2. The van der Waals surface area contributed by atoms with E-state index < -0.39 is 4.92 Å². The Morgan fingerprint density at radius 3 is 3.00 bits per heavy atom. The highest BCUT2D eigenvalue weighted by Crippen LogP contribution is 2.38. The maximum absolute atomic E-state index is 11.4. The number of nitro groups is 1. The Hall–Kier alpha value is -3.10. The van der Waals surface area contributed by atoms with Crippen LogP contribution in [0.5, 0.6) is 5.75 Å². The lowest BCUT2D eigenvalue weighted by Crippen LogP contribution is -2.25. The fourth-order valence-corrected chi connectivity index (χ4v) is 2.63. The van der Waals surface area contributed by atoms with E-state index in [4.69, 9.17) is 4.74 Å². The number of amides is 1. The zero-order valence-electron chi connectivity index (χ0n) is 13.3. The van der Waals surface area contributed by atoms with E-state index in [0.717, 1.165) is 17.7 Å². The summed E-state index contributed by atoms with van der Waals surface area (Å²) < 4.78 is 6.94. The average Bonchev–Trinajstić information content (AvgIpc) is 2.91. The molecule has 0 fully saturated rings. The van der Waals surface area contributed by atoms with Crippen LogP contribution in [0, 0.1) is 10.1 Å². The van der Waals surface area contributed by atoms with Gasteiger partial charge in [-0.05, 0) is 12.5 Å². The van der Waals surface area contributed by atoms with Gasteiger partial charge in [0.05, 0.1) is 22.4 Å². The number of hydrogen-bond acceptors (Lipinski definition) is 6. The van der Waals surface area contributed by atoms with E-state index in [9.17, 15) is 14.9 Å². The second kappa shape index (κ2) is 6.19.